The van der Waals surface area contributed by atoms with Crippen LogP contribution in [0, 0.1) is 5.82 Å². The van der Waals surface area contributed by atoms with Crippen LogP contribution in [0.15, 0.2) is 47.4 Å². The summed E-state index contributed by atoms with van der Waals surface area (Å²) in [5, 5.41) is 2.63. The third-order valence-electron chi connectivity index (χ3n) is 2.87. The van der Waals surface area contributed by atoms with Crippen molar-refractivity contribution in [1.29, 1.82) is 0 Å². The number of hydrogen-bond acceptors (Lipinski definition) is 4. The highest BCUT2D eigenvalue weighted by Crippen LogP contribution is 2.23. The van der Waals surface area contributed by atoms with Gasteiger partial charge < -0.3 is 5.32 Å². The molecule has 2 N–H and O–H groups in total. The van der Waals surface area contributed by atoms with Crippen LogP contribution in [-0.2, 0) is 10.0 Å². The van der Waals surface area contributed by atoms with E-state index in [9.17, 15) is 17.6 Å². The molecule has 0 aliphatic rings. The minimum absolute atomic E-state index is 0.219. The van der Waals surface area contributed by atoms with E-state index in [-0.39, 0.29) is 11.6 Å². The van der Waals surface area contributed by atoms with Crippen molar-refractivity contribution in [3.63, 3.8) is 0 Å². The van der Waals surface area contributed by atoms with Gasteiger partial charge in [0.2, 0.25) is 10.0 Å². The zero-order valence-electron chi connectivity index (χ0n) is 12.5. The number of carbonyl (C=O) groups is 1. The SMILES string of the molecule is CSc1ccccc1C(=O)Nc1ccc(F)c(NS(C)(=O)=O)c1. The Morgan fingerprint density at radius 3 is 2.52 bits per heavy atom. The molecule has 1 amide bonds. The van der Waals surface area contributed by atoms with E-state index in [0.29, 0.717) is 11.3 Å². The maximum absolute atomic E-state index is 13.6. The Labute approximate surface area is 138 Å². The van der Waals surface area contributed by atoms with Crippen molar-refractivity contribution in [2.24, 2.45) is 0 Å². The van der Waals surface area contributed by atoms with Crippen molar-refractivity contribution in [2.75, 3.05) is 22.6 Å². The van der Waals surface area contributed by atoms with Crippen LogP contribution in [0.2, 0.25) is 0 Å². The zero-order chi connectivity index (χ0) is 17.0. The molecule has 0 atom stereocenters. The van der Waals surface area contributed by atoms with Crippen LogP contribution in [0.25, 0.3) is 0 Å². The fourth-order valence-electron chi connectivity index (χ4n) is 1.91. The molecule has 8 heteroatoms. The Morgan fingerprint density at radius 1 is 1.17 bits per heavy atom. The van der Waals surface area contributed by atoms with Gasteiger partial charge in [-0.15, -0.1) is 11.8 Å². The van der Waals surface area contributed by atoms with E-state index in [1.807, 2.05) is 18.4 Å². The van der Waals surface area contributed by atoms with Crippen LogP contribution >= 0.6 is 11.8 Å². The van der Waals surface area contributed by atoms with Crippen LogP contribution in [0.5, 0.6) is 0 Å². The Hall–Kier alpha value is -2.06. The van der Waals surface area contributed by atoms with E-state index >= 15 is 0 Å². The number of amides is 1. The first-order chi connectivity index (χ1) is 10.8. The molecule has 0 saturated carbocycles. The van der Waals surface area contributed by atoms with Gasteiger partial charge in [-0.1, -0.05) is 12.1 Å². The summed E-state index contributed by atoms with van der Waals surface area (Å²) in [6, 6.07) is 10.8. The van der Waals surface area contributed by atoms with Crippen LogP contribution in [0.4, 0.5) is 15.8 Å². The largest absolute Gasteiger partial charge is 0.322 e. The minimum Gasteiger partial charge on any atom is -0.322 e. The number of carbonyl (C=O) groups excluding carboxylic acids is 1. The third-order valence-corrected chi connectivity index (χ3v) is 4.26. The first-order valence-corrected chi connectivity index (χ1v) is 9.63. The first-order valence-electron chi connectivity index (χ1n) is 6.52. The van der Waals surface area contributed by atoms with Gasteiger partial charge in [0.25, 0.3) is 5.91 Å². The lowest BCUT2D eigenvalue weighted by atomic mass is 10.2. The normalized spacial score (nSPS) is 11.1. The molecule has 23 heavy (non-hydrogen) atoms. The number of sulfonamides is 1. The molecule has 2 aromatic rings. The first kappa shape index (κ1) is 17.3. The second kappa shape index (κ2) is 7.01. The maximum atomic E-state index is 13.6. The highest BCUT2D eigenvalue weighted by Gasteiger charge is 2.13. The maximum Gasteiger partial charge on any atom is 0.256 e. The van der Waals surface area contributed by atoms with E-state index < -0.39 is 15.8 Å². The van der Waals surface area contributed by atoms with E-state index in [4.69, 9.17) is 0 Å². The van der Waals surface area contributed by atoms with Gasteiger partial charge in [-0.3, -0.25) is 9.52 Å². The van der Waals surface area contributed by atoms with Crippen molar-refractivity contribution in [3.8, 4) is 0 Å². The molecular formula is C15H15FN2O3S2. The molecule has 5 nitrogen and oxygen atoms in total. The standard InChI is InChI=1S/C15H15FN2O3S2/c1-22-14-6-4-3-5-11(14)15(19)17-10-7-8-12(16)13(9-10)18-23(2,20)21/h3-9,18H,1-2H3,(H,17,19). The van der Waals surface area contributed by atoms with E-state index in [1.54, 1.807) is 12.1 Å². The van der Waals surface area contributed by atoms with E-state index in [2.05, 4.69) is 10.0 Å². The Bertz CT molecular complexity index is 838. The number of rotatable bonds is 5. The lowest BCUT2D eigenvalue weighted by Gasteiger charge is -2.11. The molecule has 0 heterocycles. The molecular weight excluding hydrogens is 339 g/mol. The van der Waals surface area contributed by atoms with Gasteiger partial charge in [0.15, 0.2) is 0 Å². The summed E-state index contributed by atoms with van der Waals surface area (Å²) < 4.78 is 38.2. The lowest BCUT2D eigenvalue weighted by molar-refractivity contribution is 0.102. The van der Waals surface area contributed by atoms with E-state index in [0.717, 1.165) is 17.2 Å². The molecule has 122 valence electrons. The minimum atomic E-state index is -3.61. The second-order valence-electron chi connectivity index (χ2n) is 4.72. The number of hydrogen-bond donors (Lipinski definition) is 2. The molecule has 0 radical (unpaired) electrons. The number of thioether (sulfide) groups is 1. The molecule has 0 spiro atoms. The van der Waals surface area contributed by atoms with Crippen molar-refractivity contribution < 1.29 is 17.6 Å². The van der Waals surface area contributed by atoms with Gasteiger partial charge in [0.1, 0.15) is 5.82 Å². The quantitative estimate of drug-likeness (QED) is 0.809. The summed E-state index contributed by atoms with van der Waals surface area (Å²) >= 11 is 1.44. The van der Waals surface area contributed by atoms with Gasteiger partial charge in [-0.25, -0.2) is 12.8 Å². The molecule has 0 aliphatic carbocycles. The van der Waals surface area contributed by atoms with Gasteiger partial charge in [0, 0.05) is 10.6 Å². The summed E-state index contributed by atoms with van der Waals surface area (Å²) in [5.41, 5.74) is 0.559. The predicted molar refractivity (Wildman–Crippen MR) is 91.0 cm³/mol. The highest BCUT2D eigenvalue weighted by molar-refractivity contribution is 7.98. The Morgan fingerprint density at radius 2 is 1.87 bits per heavy atom. The van der Waals surface area contributed by atoms with Crippen molar-refractivity contribution in [3.05, 3.63) is 53.8 Å². The molecule has 2 rings (SSSR count). The summed E-state index contributed by atoms with van der Waals surface area (Å²) in [7, 11) is -3.61. The molecule has 0 unspecified atom stereocenters. The summed E-state index contributed by atoms with van der Waals surface area (Å²) in [5.74, 6) is -1.08. The van der Waals surface area contributed by atoms with Crippen molar-refractivity contribution in [1.82, 2.24) is 0 Å². The van der Waals surface area contributed by atoms with Crippen LogP contribution in [-0.4, -0.2) is 26.8 Å². The topological polar surface area (TPSA) is 75.3 Å². The average Bonchev–Trinajstić information content (AvgIpc) is 2.49. The molecule has 0 bridgehead atoms. The monoisotopic (exact) mass is 354 g/mol. The smallest absolute Gasteiger partial charge is 0.256 e. The molecule has 2 aromatic carbocycles. The molecule has 0 aliphatic heterocycles. The highest BCUT2D eigenvalue weighted by atomic mass is 32.2. The third kappa shape index (κ3) is 4.70. The Kier molecular flexibility index (Phi) is 5.27. The average molecular weight is 354 g/mol. The van der Waals surface area contributed by atoms with Gasteiger partial charge >= 0.3 is 0 Å². The number of benzene rings is 2. The summed E-state index contributed by atoms with van der Waals surface area (Å²) in [6.45, 7) is 0. The van der Waals surface area contributed by atoms with Crippen molar-refractivity contribution in [2.45, 2.75) is 4.90 Å². The zero-order valence-corrected chi connectivity index (χ0v) is 14.1. The lowest BCUT2D eigenvalue weighted by Crippen LogP contribution is -2.14. The fourth-order valence-corrected chi connectivity index (χ4v) is 3.06. The van der Waals surface area contributed by atoms with Crippen LogP contribution < -0.4 is 10.0 Å². The predicted octanol–water partition coefficient (Wildman–Crippen LogP) is 3.17. The van der Waals surface area contributed by atoms with Gasteiger partial charge in [0.05, 0.1) is 17.5 Å². The Balaban J connectivity index is 2.26. The molecule has 0 fully saturated rings. The molecule has 0 saturated heterocycles. The molecule has 0 aromatic heterocycles. The second-order valence-corrected chi connectivity index (χ2v) is 7.32. The van der Waals surface area contributed by atoms with E-state index in [1.165, 1.54) is 23.9 Å². The summed E-state index contributed by atoms with van der Waals surface area (Å²) in [6.07, 6.45) is 2.78. The number of halogens is 1. The van der Waals surface area contributed by atoms with Crippen LogP contribution in [0.1, 0.15) is 10.4 Å². The van der Waals surface area contributed by atoms with Gasteiger partial charge in [-0.05, 0) is 36.6 Å². The van der Waals surface area contributed by atoms with Gasteiger partial charge in [-0.2, -0.15) is 0 Å². The fraction of sp³-hybridized carbons (Fsp3) is 0.133. The summed E-state index contributed by atoms with van der Waals surface area (Å²) in [4.78, 5) is 13.1. The van der Waals surface area contributed by atoms with Crippen LogP contribution in [0.3, 0.4) is 0 Å². The van der Waals surface area contributed by atoms with Crippen molar-refractivity contribution >= 4 is 39.1 Å². The number of anilines is 2. The number of nitrogens with one attached hydrogen (secondary N) is 2.